The van der Waals surface area contributed by atoms with Crippen molar-refractivity contribution in [1.29, 1.82) is 0 Å². The highest BCUT2D eigenvalue weighted by atomic mass is 16.5. The Bertz CT molecular complexity index is 2990. The van der Waals surface area contributed by atoms with Gasteiger partial charge in [-0.1, -0.05) is 134 Å². The summed E-state index contributed by atoms with van der Waals surface area (Å²) in [6, 6.07) is 52.6. The van der Waals surface area contributed by atoms with Crippen LogP contribution in [-0.4, -0.2) is 11.3 Å². The van der Waals surface area contributed by atoms with E-state index in [1.54, 1.807) is 0 Å². The molecule has 278 valence electrons. The molecule has 7 aromatic carbocycles. The molecule has 0 saturated heterocycles. The van der Waals surface area contributed by atoms with Gasteiger partial charge < -0.3 is 14.2 Å². The van der Waals surface area contributed by atoms with Crippen molar-refractivity contribution < 1.29 is 4.74 Å². The van der Waals surface area contributed by atoms with Crippen LogP contribution in [0.25, 0.3) is 38.6 Å². The van der Waals surface area contributed by atoms with Crippen molar-refractivity contribution in [3.05, 3.63) is 162 Å². The van der Waals surface area contributed by atoms with Gasteiger partial charge in [0.2, 0.25) is 0 Å². The number of rotatable bonds is 2. The largest absolute Gasteiger partial charge is 0.458 e. The molecule has 8 aromatic rings. The predicted molar refractivity (Wildman–Crippen MR) is 242 cm³/mol. The first-order valence-corrected chi connectivity index (χ1v) is 20.5. The Balaban J connectivity index is 1.19. The Morgan fingerprint density at radius 1 is 0.509 bits per heavy atom. The summed E-state index contributed by atoms with van der Waals surface area (Å²) in [5, 5.41) is 2.57. The zero-order valence-electron chi connectivity index (χ0n) is 34.2. The van der Waals surface area contributed by atoms with Crippen LogP contribution in [0.15, 0.2) is 140 Å². The van der Waals surface area contributed by atoms with Crippen LogP contribution in [0.1, 0.15) is 77.6 Å². The Hall–Kier alpha value is -6.00. The summed E-state index contributed by atoms with van der Waals surface area (Å²) in [6.45, 7) is 18.5. The third kappa shape index (κ3) is 4.86. The highest BCUT2D eigenvalue weighted by Gasteiger charge is 2.43. The van der Waals surface area contributed by atoms with Gasteiger partial charge in [0.1, 0.15) is 11.5 Å². The van der Waals surface area contributed by atoms with Crippen LogP contribution in [0, 0.1) is 0 Å². The van der Waals surface area contributed by atoms with E-state index in [9.17, 15) is 0 Å². The lowest BCUT2D eigenvalue weighted by Gasteiger charge is -2.40. The van der Waals surface area contributed by atoms with Gasteiger partial charge in [0.15, 0.2) is 0 Å². The van der Waals surface area contributed by atoms with Gasteiger partial charge in [-0.2, -0.15) is 0 Å². The van der Waals surface area contributed by atoms with E-state index in [0.717, 1.165) is 28.6 Å². The fourth-order valence-corrected chi connectivity index (χ4v) is 10.1. The molecule has 57 heavy (non-hydrogen) atoms. The number of ether oxygens (including phenoxy) is 1. The summed E-state index contributed by atoms with van der Waals surface area (Å²) in [6.07, 6.45) is 0. The van der Waals surface area contributed by atoms with Crippen LogP contribution in [0.5, 0.6) is 11.5 Å². The molecule has 0 radical (unpaired) electrons. The summed E-state index contributed by atoms with van der Waals surface area (Å²) in [5.41, 5.74) is 18.9. The summed E-state index contributed by atoms with van der Waals surface area (Å²) < 4.78 is 9.28. The number of hydrogen-bond donors (Lipinski definition) is 0. The Labute approximate surface area is 336 Å². The molecule has 0 N–H and O–H groups in total. The highest BCUT2D eigenvalue weighted by molar-refractivity contribution is 6.99. The summed E-state index contributed by atoms with van der Waals surface area (Å²) in [5.74, 6) is 1.87. The van der Waals surface area contributed by atoms with E-state index in [1.165, 1.54) is 77.3 Å². The van der Waals surface area contributed by atoms with Crippen molar-refractivity contribution in [2.24, 2.45) is 0 Å². The molecule has 0 amide bonds. The third-order valence-corrected chi connectivity index (χ3v) is 13.2. The fourth-order valence-electron chi connectivity index (χ4n) is 10.1. The molecule has 0 spiro atoms. The molecule has 1 aromatic heterocycles. The van der Waals surface area contributed by atoms with Gasteiger partial charge in [-0.05, 0) is 121 Å². The van der Waals surface area contributed by atoms with Crippen molar-refractivity contribution in [1.82, 2.24) is 4.57 Å². The van der Waals surface area contributed by atoms with Crippen molar-refractivity contribution >= 4 is 62.0 Å². The van der Waals surface area contributed by atoms with Crippen LogP contribution >= 0.6 is 0 Å². The summed E-state index contributed by atoms with van der Waals surface area (Å²) >= 11 is 0. The van der Waals surface area contributed by atoms with E-state index in [1.807, 2.05) is 0 Å². The molecular weight excluding hydrogens is 691 g/mol. The topological polar surface area (TPSA) is 17.4 Å². The molecule has 4 heteroatoms. The molecule has 0 atom stereocenters. The van der Waals surface area contributed by atoms with Gasteiger partial charge in [-0.25, -0.2) is 0 Å². The number of benzene rings is 7. The number of para-hydroxylation sites is 1. The first-order chi connectivity index (χ1) is 27.3. The van der Waals surface area contributed by atoms with Crippen LogP contribution in [0.4, 0.5) is 17.1 Å². The summed E-state index contributed by atoms with van der Waals surface area (Å²) in [4.78, 5) is 2.48. The normalized spacial score (nSPS) is 14.9. The van der Waals surface area contributed by atoms with Gasteiger partial charge >= 0.3 is 0 Å². The molecule has 0 bridgehead atoms. The first-order valence-electron chi connectivity index (χ1n) is 20.5. The lowest BCUT2D eigenvalue weighted by molar-refractivity contribution is 0.486. The fraction of sp³-hybridized carbons (Fsp3) is 0.208. The number of aromatic nitrogens is 1. The van der Waals surface area contributed by atoms with Gasteiger partial charge in [0, 0.05) is 38.9 Å². The van der Waals surface area contributed by atoms with Crippen molar-refractivity contribution in [3.8, 4) is 28.3 Å². The molecule has 0 saturated carbocycles. The van der Waals surface area contributed by atoms with Crippen molar-refractivity contribution in [2.75, 3.05) is 4.90 Å². The maximum Gasteiger partial charge on any atom is 0.256 e. The Morgan fingerprint density at radius 2 is 1.23 bits per heavy atom. The van der Waals surface area contributed by atoms with Gasteiger partial charge in [-0.3, -0.25) is 0 Å². The molecule has 3 aliphatic rings. The molecular formula is C53H47BN2O. The standard InChI is InChI=1S/C53H47BN2O/c1-51(2,3)32-20-23-34(24-21-32)55-45-18-13-19-49-50(45)54(43-28-33(52(4,5)6)22-27-48(43)57-49)42-26-25-35(29-47(42)55)56-44-17-12-10-15-37(44)39-30-41-38(31-46(39)56)36-14-9-11-16-40(36)53(41,7)8/h9-31H,1-8H3. The minimum Gasteiger partial charge on any atom is -0.458 e. The van der Waals surface area contributed by atoms with Crippen LogP contribution in [0.3, 0.4) is 0 Å². The first kappa shape index (κ1) is 34.3. The van der Waals surface area contributed by atoms with E-state index in [0.29, 0.717) is 0 Å². The molecule has 0 fully saturated rings. The highest BCUT2D eigenvalue weighted by Crippen LogP contribution is 2.51. The van der Waals surface area contributed by atoms with Crippen molar-refractivity contribution in [2.45, 2.75) is 71.6 Å². The van der Waals surface area contributed by atoms with Crippen LogP contribution < -0.4 is 26.0 Å². The van der Waals surface area contributed by atoms with Crippen molar-refractivity contribution in [3.63, 3.8) is 0 Å². The lowest BCUT2D eigenvalue weighted by Crippen LogP contribution is -2.59. The SMILES string of the molecule is CC(C)(C)c1ccc(N2c3cc(-n4c5ccccc5c5cc6c(cc54)-c4ccccc4C6(C)C)ccc3B3c4cc(C(C)(C)C)ccc4Oc4cccc2c43)cc1. The molecule has 3 nitrogen and oxygen atoms in total. The second-order valence-electron chi connectivity index (χ2n) is 19.0. The van der Waals surface area contributed by atoms with E-state index in [4.69, 9.17) is 4.74 Å². The monoisotopic (exact) mass is 738 g/mol. The van der Waals surface area contributed by atoms with Gasteiger partial charge in [0.25, 0.3) is 6.71 Å². The number of nitrogens with zero attached hydrogens (tertiary/aromatic N) is 2. The smallest absolute Gasteiger partial charge is 0.256 e. The Morgan fingerprint density at radius 3 is 2.02 bits per heavy atom. The van der Waals surface area contributed by atoms with E-state index in [2.05, 4.69) is 204 Å². The van der Waals surface area contributed by atoms with E-state index < -0.39 is 0 Å². The second kappa shape index (κ2) is 11.5. The summed E-state index contributed by atoms with van der Waals surface area (Å²) in [7, 11) is 0. The van der Waals surface area contributed by atoms with Crippen LogP contribution in [-0.2, 0) is 16.2 Å². The van der Waals surface area contributed by atoms with Crippen LogP contribution in [0.2, 0.25) is 0 Å². The number of hydrogen-bond acceptors (Lipinski definition) is 2. The zero-order valence-corrected chi connectivity index (χ0v) is 34.2. The minimum absolute atomic E-state index is 0.00343. The van der Waals surface area contributed by atoms with E-state index in [-0.39, 0.29) is 23.0 Å². The Kier molecular flexibility index (Phi) is 6.94. The average molecular weight is 739 g/mol. The van der Waals surface area contributed by atoms with Gasteiger partial charge in [-0.15, -0.1) is 0 Å². The molecule has 11 rings (SSSR count). The molecule has 3 heterocycles. The van der Waals surface area contributed by atoms with E-state index >= 15 is 0 Å². The molecule has 0 unspecified atom stereocenters. The third-order valence-electron chi connectivity index (χ3n) is 13.2. The quantitative estimate of drug-likeness (QED) is 0.164. The maximum absolute atomic E-state index is 6.78. The molecule has 1 aliphatic carbocycles. The number of anilines is 3. The number of fused-ring (bicyclic) bond motifs is 10. The second-order valence-corrected chi connectivity index (χ2v) is 19.0. The lowest BCUT2D eigenvalue weighted by atomic mass is 9.34. The maximum atomic E-state index is 6.78. The average Bonchev–Trinajstić information content (AvgIpc) is 3.63. The zero-order chi connectivity index (χ0) is 39.2. The molecule has 2 aliphatic heterocycles. The predicted octanol–water partition coefficient (Wildman–Crippen LogP) is 12.1. The minimum atomic E-state index is -0.0721. The van der Waals surface area contributed by atoms with Gasteiger partial charge in [0.05, 0.1) is 11.0 Å².